The second kappa shape index (κ2) is 4.09. The van der Waals surface area contributed by atoms with Crippen LogP contribution in [0.25, 0.3) is 0 Å². The Hall–Kier alpha value is -1.25. The van der Waals surface area contributed by atoms with Crippen LogP contribution >= 0.6 is 0 Å². The van der Waals surface area contributed by atoms with Gasteiger partial charge in [-0.1, -0.05) is 13.8 Å². The van der Waals surface area contributed by atoms with Crippen molar-refractivity contribution in [2.45, 2.75) is 39.5 Å². The first-order valence-electron chi connectivity index (χ1n) is 5.58. The van der Waals surface area contributed by atoms with Gasteiger partial charge in [0.1, 0.15) is 5.82 Å². The lowest BCUT2D eigenvalue weighted by Crippen LogP contribution is -2.20. The van der Waals surface area contributed by atoms with E-state index in [1.165, 1.54) is 0 Å². The molecular weight excluding hydrogens is 188 g/mol. The highest BCUT2D eigenvalue weighted by atomic mass is 16.1. The number of Topliss-reactive ketones (excluding diaryl/α,β-unsaturated/α-hetero) is 1. The van der Waals surface area contributed by atoms with Crippen molar-refractivity contribution in [1.82, 2.24) is 9.97 Å². The summed E-state index contributed by atoms with van der Waals surface area (Å²) < 4.78 is 0. The van der Waals surface area contributed by atoms with Crippen LogP contribution in [0.1, 0.15) is 48.6 Å². The summed E-state index contributed by atoms with van der Waals surface area (Å²) in [7, 11) is 0. The molecule has 1 aromatic rings. The summed E-state index contributed by atoms with van der Waals surface area (Å²) in [5, 5.41) is 0. The Bertz CT molecular complexity index is 387. The number of fused-ring (bicyclic) bond motifs is 1. The molecule has 1 aliphatic rings. The molecule has 0 spiro atoms. The lowest BCUT2D eigenvalue weighted by Gasteiger charge is -2.19. The van der Waals surface area contributed by atoms with Gasteiger partial charge in [-0.05, 0) is 18.8 Å². The molecule has 3 heteroatoms. The minimum Gasteiger partial charge on any atom is -0.294 e. The number of rotatable bonds is 2. The average molecular weight is 204 g/mol. The van der Waals surface area contributed by atoms with Crippen LogP contribution in [-0.4, -0.2) is 15.8 Å². The number of carbonyl (C=O) groups excluding carboxylic acids is 1. The lowest BCUT2D eigenvalue weighted by atomic mass is 9.88. The average Bonchev–Trinajstić information content (AvgIpc) is 2.17. The number of carbonyl (C=O) groups is 1. The number of aryl methyl sites for hydroxylation is 1. The molecule has 1 aliphatic carbocycles. The van der Waals surface area contributed by atoms with E-state index in [0.29, 0.717) is 12.3 Å². The number of nitrogens with zero attached hydrogens (tertiary/aromatic N) is 2. The molecule has 0 aliphatic heterocycles. The first-order valence-corrected chi connectivity index (χ1v) is 5.58. The Labute approximate surface area is 89.9 Å². The zero-order chi connectivity index (χ0) is 10.8. The zero-order valence-corrected chi connectivity index (χ0v) is 9.29. The van der Waals surface area contributed by atoms with Crippen molar-refractivity contribution in [3.8, 4) is 0 Å². The summed E-state index contributed by atoms with van der Waals surface area (Å²) in [6, 6.07) is 0. The number of ketones is 1. The second-order valence-corrected chi connectivity index (χ2v) is 4.33. The maximum Gasteiger partial charge on any atom is 0.166 e. The normalized spacial score (nSPS) is 20.1. The molecule has 80 valence electrons. The fourth-order valence-corrected chi connectivity index (χ4v) is 2.02. The summed E-state index contributed by atoms with van der Waals surface area (Å²) in [6.07, 6.45) is 5.21. The van der Waals surface area contributed by atoms with E-state index in [1.54, 1.807) is 6.20 Å². The van der Waals surface area contributed by atoms with E-state index in [9.17, 15) is 4.79 Å². The zero-order valence-electron chi connectivity index (χ0n) is 9.29. The number of hydrogen-bond acceptors (Lipinski definition) is 3. The minimum atomic E-state index is 0.201. The van der Waals surface area contributed by atoms with E-state index < -0.39 is 0 Å². The van der Waals surface area contributed by atoms with Gasteiger partial charge >= 0.3 is 0 Å². The summed E-state index contributed by atoms with van der Waals surface area (Å²) in [5.41, 5.74) is 1.70. The molecule has 0 bridgehead atoms. The van der Waals surface area contributed by atoms with Crippen molar-refractivity contribution >= 4 is 5.78 Å². The molecule has 0 saturated heterocycles. The highest BCUT2D eigenvalue weighted by molar-refractivity contribution is 5.97. The van der Waals surface area contributed by atoms with Crippen LogP contribution in [0.2, 0.25) is 0 Å². The van der Waals surface area contributed by atoms with E-state index >= 15 is 0 Å². The number of aromatic nitrogens is 2. The molecule has 1 aromatic heterocycles. The van der Waals surface area contributed by atoms with Gasteiger partial charge in [-0.3, -0.25) is 4.79 Å². The van der Waals surface area contributed by atoms with Crippen molar-refractivity contribution in [3.63, 3.8) is 0 Å². The van der Waals surface area contributed by atoms with Gasteiger partial charge in [0.05, 0.1) is 11.3 Å². The predicted molar refractivity (Wildman–Crippen MR) is 57.8 cm³/mol. The fourth-order valence-electron chi connectivity index (χ4n) is 2.02. The van der Waals surface area contributed by atoms with E-state index in [-0.39, 0.29) is 5.78 Å². The molecule has 0 saturated carbocycles. The smallest absolute Gasteiger partial charge is 0.166 e. The van der Waals surface area contributed by atoms with E-state index in [1.807, 2.05) is 0 Å². The SMILES string of the molecule is CCCc1ncc2c(n1)CC(C)CC2=O. The van der Waals surface area contributed by atoms with E-state index in [0.717, 1.165) is 36.3 Å². The van der Waals surface area contributed by atoms with Crippen LogP contribution in [0, 0.1) is 5.92 Å². The summed E-state index contributed by atoms with van der Waals surface area (Å²) in [5.74, 6) is 1.50. The second-order valence-electron chi connectivity index (χ2n) is 4.33. The first kappa shape index (κ1) is 10.3. The Morgan fingerprint density at radius 3 is 3.00 bits per heavy atom. The molecule has 1 atom stereocenters. The van der Waals surface area contributed by atoms with Crippen LogP contribution in [0.5, 0.6) is 0 Å². The highest BCUT2D eigenvalue weighted by Crippen LogP contribution is 2.23. The van der Waals surface area contributed by atoms with Gasteiger partial charge in [0.2, 0.25) is 0 Å². The Balaban J connectivity index is 2.34. The van der Waals surface area contributed by atoms with Gasteiger partial charge in [-0.2, -0.15) is 0 Å². The molecule has 0 fully saturated rings. The van der Waals surface area contributed by atoms with Gasteiger partial charge < -0.3 is 0 Å². The largest absolute Gasteiger partial charge is 0.294 e. The molecule has 0 aromatic carbocycles. The van der Waals surface area contributed by atoms with Crippen LogP contribution in [0.4, 0.5) is 0 Å². The molecule has 0 amide bonds. The highest BCUT2D eigenvalue weighted by Gasteiger charge is 2.23. The predicted octanol–water partition coefficient (Wildman–Crippen LogP) is 2.19. The molecule has 1 unspecified atom stereocenters. The molecule has 2 rings (SSSR count). The van der Waals surface area contributed by atoms with Crippen molar-refractivity contribution in [1.29, 1.82) is 0 Å². The quantitative estimate of drug-likeness (QED) is 0.741. The monoisotopic (exact) mass is 204 g/mol. The van der Waals surface area contributed by atoms with Crippen LogP contribution < -0.4 is 0 Å². The van der Waals surface area contributed by atoms with Crippen molar-refractivity contribution < 1.29 is 4.79 Å². The number of hydrogen-bond donors (Lipinski definition) is 0. The van der Waals surface area contributed by atoms with Gasteiger partial charge in [0.25, 0.3) is 0 Å². The van der Waals surface area contributed by atoms with Crippen molar-refractivity contribution in [3.05, 3.63) is 23.3 Å². The molecule has 0 N–H and O–H groups in total. The van der Waals surface area contributed by atoms with E-state index in [2.05, 4.69) is 23.8 Å². The van der Waals surface area contributed by atoms with Crippen LogP contribution in [0.15, 0.2) is 6.20 Å². The third kappa shape index (κ3) is 2.06. The Morgan fingerprint density at radius 1 is 1.47 bits per heavy atom. The van der Waals surface area contributed by atoms with Crippen molar-refractivity contribution in [2.75, 3.05) is 0 Å². The van der Waals surface area contributed by atoms with Gasteiger partial charge in [0.15, 0.2) is 5.78 Å². The van der Waals surface area contributed by atoms with Gasteiger partial charge in [-0.15, -0.1) is 0 Å². The molecular formula is C12H16N2O. The lowest BCUT2D eigenvalue weighted by molar-refractivity contribution is 0.0951. The first-order chi connectivity index (χ1) is 7.20. The Kier molecular flexibility index (Phi) is 2.80. The molecule has 1 heterocycles. The third-order valence-electron chi connectivity index (χ3n) is 2.77. The fraction of sp³-hybridized carbons (Fsp3) is 0.583. The van der Waals surface area contributed by atoms with Crippen LogP contribution in [0.3, 0.4) is 0 Å². The molecule has 15 heavy (non-hydrogen) atoms. The van der Waals surface area contributed by atoms with Crippen molar-refractivity contribution in [2.24, 2.45) is 5.92 Å². The topological polar surface area (TPSA) is 42.9 Å². The summed E-state index contributed by atoms with van der Waals surface area (Å²) >= 11 is 0. The molecule has 3 nitrogen and oxygen atoms in total. The minimum absolute atomic E-state index is 0.201. The van der Waals surface area contributed by atoms with Gasteiger partial charge in [-0.25, -0.2) is 9.97 Å². The molecule has 0 radical (unpaired) electrons. The van der Waals surface area contributed by atoms with E-state index in [4.69, 9.17) is 0 Å². The summed E-state index contributed by atoms with van der Waals surface area (Å²) in [4.78, 5) is 20.4. The van der Waals surface area contributed by atoms with Crippen LogP contribution in [-0.2, 0) is 12.8 Å². The van der Waals surface area contributed by atoms with Gasteiger partial charge in [0, 0.05) is 19.0 Å². The Morgan fingerprint density at radius 2 is 2.27 bits per heavy atom. The maximum absolute atomic E-state index is 11.7. The summed E-state index contributed by atoms with van der Waals surface area (Å²) in [6.45, 7) is 4.21. The maximum atomic E-state index is 11.7. The third-order valence-corrected chi connectivity index (χ3v) is 2.77. The standard InChI is InChI=1S/C12H16N2O/c1-3-4-12-13-7-9-10(14-12)5-8(2)6-11(9)15/h7-8H,3-6H2,1-2H3.